The number of amides is 1. The van der Waals surface area contributed by atoms with Crippen molar-refractivity contribution in [3.8, 4) is 11.4 Å². The van der Waals surface area contributed by atoms with Crippen LogP contribution in [0, 0.1) is 0 Å². The zero-order chi connectivity index (χ0) is 20.1. The van der Waals surface area contributed by atoms with Gasteiger partial charge in [0.1, 0.15) is 6.33 Å². The molecule has 1 aromatic heterocycles. The summed E-state index contributed by atoms with van der Waals surface area (Å²) in [4.78, 5) is 25.1. The second kappa shape index (κ2) is 10.7. The number of nitrogens with zero attached hydrogens (tertiary/aromatic N) is 5. The summed E-state index contributed by atoms with van der Waals surface area (Å²) in [7, 11) is 1.81. The summed E-state index contributed by atoms with van der Waals surface area (Å²) in [5, 5.41) is 13.3. The first-order valence-corrected chi connectivity index (χ1v) is 10.1. The Morgan fingerprint density at radius 3 is 2.73 bits per heavy atom. The molecule has 2 fully saturated rings. The highest BCUT2D eigenvalue weighted by Gasteiger charge is 2.25. The van der Waals surface area contributed by atoms with Crippen LogP contribution in [0.1, 0.15) is 18.4 Å². The Kier molecular flexibility index (Phi) is 8.02. The van der Waals surface area contributed by atoms with E-state index in [0.717, 1.165) is 61.9 Å². The number of piperazine rings is 1. The minimum absolute atomic E-state index is 0. The van der Waals surface area contributed by atoms with E-state index in [0.29, 0.717) is 19.1 Å². The fraction of sp³-hybridized carbons (Fsp3) is 0.500. The first-order chi connectivity index (χ1) is 14.2. The molecule has 10 heteroatoms. The van der Waals surface area contributed by atoms with Crippen molar-refractivity contribution in [3.63, 3.8) is 0 Å². The molecule has 1 aliphatic heterocycles. The molecule has 3 N–H and O–H groups in total. The highest BCUT2D eigenvalue weighted by Crippen LogP contribution is 2.18. The molecule has 0 radical (unpaired) electrons. The number of rotatable bonds is 6. The van der Waals surface area contributed by atoms with Gasteiger partial charge in [0.05, 0.1) is 6.54 Å². The van der Waals surface area contributed by atoms with Gasteiger partial charge in [-0.3, -0.25) is 19.8 Å². The van der Waals surface area contributed by atoms with Gasteiger partial charge in [0.15, 0.2) is 11.8 Å². The van der Waals surface area contributed by atoms with Crippen LogP contribution in [0.15, 0.2) is 35.6 Å². The molecule has 0 spiro atoms. The van der Waals surface area contributed by atoms with Gasteiger partial charge in [0, 0.05) is 51.4 Å². The first-order valence-electron chi connectivity index (χ1n) is 10.1. The van der Waals surface area contributed by atoms with E-state index >= 15 is 0 Å². The Bertz CT molecular complexity index is 844. The Labute approximate surface area is 193 Å². The number of aliphatic imine (C=N–C) groups is 1. The molecule has 162 valence electrons. The molecular formula is C20H29IN8O. The Hall–Kier alpha value is -2.21. The molecule has 30 heavy (non-hydrogen) atoms. The van der Waals surface area contributed by atoms with Crippen molar-refractivity contribution >= 4 is 35.8 Å². The third-order valence-corrected chi connectivity index (χ3v) is 5.26. The molecule has 2 aliphatic rings. The minimum atomic E-state index is 0. The van der Waals surface area contributed by atoms with Gasteiger partial charge in [-0.2, -0.15) is 5.10 Å². The number of hydrogen-bond donors (Lipinski definition) is 3. The summed E-state index contributed by atoms with van der Waals surface area (Å²) >= 11 is 0. The van der Waals surface area contributed by atoms with Crippen LogP contribution in [0.3, 0.4) is 0 Å². The van der Waals surface area contributed by atoms with E-state index in [1.54, 1.807) is 0 Å². The van der Waals surface area contributed by atoms with E-state index in [9.17, 15) is 4.79 Å². The summed E-state index contributed by atoms with van der Waals surface area (Å²) in [6.45, 7) is 4.60. The number of benzene rings is 1. The van der Waals surface area contributed by atoms with Crippen LogP contribution < -0.4 is 10.6 Å². The lowest BCUT2D eigenvalue weighted by molar-refractivity contribution is -0.122. The molecule has 0 unspecified atom stereocenters. The molecule has 9 nitrogen and oxygen atoms in total. The number of aromatic nitrogens is 3. The second-order valence-electron chi connectivity index (χ2n) is 7.54. The Morgan fingerprint density at radius 1 is 1.27 bits per heavy atom. The predicted octanol–water partition coefficient (Wildman–Crippen LogP) is 1.06. The summed E-state index contributed by atoms with van der Waals surface area (Å²) < 4.78 is 0. The average Bonchev–Trinajstić information content (AvgIpc) is 3.37. The average molecular weight is 524 g/mol. The van der Waals surface area contributed by atoms with Crippen LogP contribution in [0.2, 0.25) is 0 Å². The maximum atomic E-state index is 12.0. The Morgan fingerprint density at radius 2 is 2.07 bits per heavy atom. The zero-order valence-corrected chi connectivity index (χ0v) is 19.5. The van der Waals surface area contributed by atoms with Crippen LogP contribution in [0.5, 0.6) is 0 Å². The van der Waals surface area contributed by atoms with Crippen molar-refractivity contribution in [3.05, 3.63) is 36.2 Å². The maximum Gasteiger partial charge on any atom is 0.234 e. The van der Waals surface area contributed by atoms with Gasteiger partial charge in [0.25, 0.3) is 0 Å². The van der Waals surface area contributed by atoms with E-state index in [1.807, 2.05) is 19.2 Å². The molecule has 1 aromatic carbocycles. The zero-order valence-electron chi connectivity index (χ0n) is 17.2. The number of aromatic amines is 1. The Balaban J connectivity index is 0.00000256. The minimum Gasteiger partial charge on any atom is -0.352 e. The lowest BCUT2D eigenvalue weighted by Gasteiger charge is -2.36. The lowest BCUT2D eigenvalue weighted by Crippen LogP contribution is -2.54. The molecule has 0 atom stereocenters. The molecule has 1 aliphatic carbocycles. The number of nitrogens with one attached hydrogen (secondary N) is 3. The fourth-order valence-corrected chi connectivity index (χ4v) is 3.51. The third kappa shape index (κ3) is 6.14. The van der Waals surface area contributed by atoms with Crippen molar-refractivity contribution in [1.29, 1.82) is 0 Å². The fourth-order valence-electron chi connectivity index (χ4n) is 3.51. The molecule has 1 saturated heterocycles. The van der Waals surface area contributed by atoms with Gasteiger partial charge in [-0.25, -0.2) is 4.98 Å². The quantitative estimate of drug-likeness (QED) is 0.297. The summed E-state index contributed by atoms with van der Waals surface area (Å²) in [5.74, 6) is 1.80. The van der Waals surface area contributed by atoms with Gasteiger partial charge in [-0.15, -0.1) is 24.0 Å². The SMILES string of the molecule is CN=C(NCc1cccc(-c2ncn[nH]2)c1)N1CCN(CC(=O)NC2CC2)CC1.I. The molecule has 2 aromatic rings. The van der Waals surface area contributed by atoms with Crippen LogP contribution in [-0.2, 0) is 11.3 Å². The number of carbonyl (C=O) groups excluding carboxylic acids is 1. The van der Waals surface area contributed by atoms with Crippen molar-refractivity contribution in [2.75, 3.05) is 39.8 Å². The van der Waals surface area contributed by atoms with Crippen LogP contribution >= 0.6 is 24.0 Å². The highest BCUT2D eigenvalue weighted by atomic mass is 127. The van der Waals surface area contributed by atoms with Crippen LogP contribution in [-0.4, -0.2) is 82.7 Å². The van der Waals surface area contributed by atoms with Crippen molar-refractivity contribution in [2.24, 2.45) is 4.99 Å². The van der Waals surface area contributed by atoms with Crippen LogP contribution in [0.4, 0.5) is 0 Å². The van der Waals surface area contributed by atoms with E-state index in [1.165, 1.54) is 6.33 Å². The molecule has 1 amide bonds. The van der Waals surface area contributed by atoms with Gasteiger partial charge < -0.3 is 15.5 Å². The number of carbonyl (C=O) groups is 1. The maximum absolute atomic E-state index is 12.0. The number of halogens is 1. The van der Waals surface area contributed by atoms with E-state index < -0.39 is 0 Å². The smallest absolute Gasteiger partial charge is 0.234 e. The van der Waals surface area contributed by atoms with Gasteiger partial charge in [0.2, 0.25) is 5.91 Å². The van der Waals surface area contributed by atoms with Gasteiger partial charge >= 0.3 is 0 Å². The lowest BCUT2D eigenvalue weighted by atomic mass is 10.1. The number of hydrogen-bond acceptors (Lipinski definition) is 5. The van der Waals surface area contributed by atoms with E-state index in [4.69, 9.17) is 0 Å². The third-order valence-electron chi connectivity index (χ3n) is 5.26. The van der Waals surface area contributed by atoms with E-state index in [-0.39, 0.29) is 29.9 Å². The molecule has 4 rings (SSSR count). The van der Waals surface area contributed by atoms with Crippen molar-refractivity contribution in [1.82, 2.24) is 35.6 Å². The largest absolute Gasteiger partial charge is 0.352 e. The van der Waals surface area contributed by atoms with Gasteiger partial charge in [-0.1, -0.05) is 18.2 Å². The normalized spacial score (nSPS) is 17.4. The van der Waals surface area contributed by atoms with Gasteiger partial charge in [-0.05, 0) is 24.5 Å². The molecule has 0 bridgehead atoms. The molecular weight excluding hydrogens is 495 g/mol. The van der Waals surface area contributed by atoms with Crippen LogP contribution in [0.25, 0.3) is 11.4 Å². The first kappa shape index (κ1) is 22.5. The number of H-pyrrole nitrogens is 1. The molecule has 1 saturated carbocycles. The predicted molar refractivity (Wildman–Crippen MR) is 127 cm³/mol. The number of guanidine groups is 1. The monoisotopic (exact) mass is 524 g/mol. The molecule has 2 heterocycles. The summed E-state index contributed by atoms with van der Waals surface area (Å²) in [5.41, 5.74) is 2.16. The summed E-state index contributed by atoms with van der Waals surface area (Å²) in [6, 6.07) is 8.63. The second-order valence-corrected chi connectivity index (χ2v) is 7.54. The summed E-state index contributed by atoms with van der Waals surface area (Å²) in [6.07, 6.45) is 3.77. The van der Waals surface area contributed by atoms with Crippen molar-refractivity contribution < 1.29 is 4.79 Å². The standard InChI is InChI=1S/C20H28N8O.HI/c1-21-20(22-12-15-3-2-4-16(11-15)19-23-14-24-26-19)28-9-7-27(8-10-28)13-18(29)25-17-5-6-17;/h2-4,11,14,17H,5-10,12-13H2,1H3,(H,21,22)(H,25,29)(H,23,24,26);1H. The highest BCUT2D eigenvalue weighted by molar-refractivity contribution is 14.0. The van der Waals surface area contributed by atoms with E-state index in [2.05, 4.69) is 52.7 Å². The topological polar surface area (TPSA) is 102 Å². The van der Waals surface area contributed by atoms with Crippen molar-refractivity contribution in [2.45, 2.75) is 25.4 Å².